The van der Waals surface area contributed by atoms with Gasteiger partial charge in [0.15, 0.2) is 0 Å². The molecule has 0 unspecified atom stereocenters. The van der Waals surface area contributed by atoms with Gasteiger partial charge >= 0.3 is 0 Å². The Morgan fingerprint density at radius 2 is 1.46 bits per heavy atom. The van der Waals surface area contributed by atoms with Crippen LogP contribution in [0.1, 0.15) is 0 Å². The third kappa shape index (κ3) is 3.18. The van der Waals surface area contributed by atoms with Gasteiger partial charge in [-0.1, -0.05) is 54.6 Å². The number of nitrogens with one attached hydrogen (secondary N) is 1. The minimum atomic E-state index is -3.84. The molecule has 0 aliphatic heterocycles. The second-order valence-corrected chi connectivity index (χ2v) is 6.95. The summed E-state index contributed by atoms with van der Waals surface area (Å²) in [6, 6.07) is 22.4. The van der Waals surface area contributed by atoms with E-state index in [0.717, 1.165) is 22.4 Å². The van der Waals surface area contributed by atoms with Gasteiger partial charge in [-0.15, -0.1) is 0 Å². The Balaban J connectivity index is 2.30. The second kappa shape index (κ2) is 6.47. The predicted octanol–water partition coefficient (Wildman–Crippen LogP) is 3.71. The van der Waals surface area contributed by atoms with E-state index in [4.69, 9.17) is 5.14 Å². The molecule has 3 aromatic rings. The molecule has 0 aromatic heterocycles. The molecule has 0 atom stereocenters. The summed E-state index contributed by atoms with van der Waals surface area (Å²) in [5.41, 5.74) is 4.18. The number of sulfonamides is 1. The molecule has 0 heterocycles. The number of primary sulfonamides is 1. The van der Waals surface area contributed by atoms with Gasteiger partial charge in [-0.2, -0.15) is 0 Å². The van der Waals surface area contributed by atoms with Crippen molar-refractivity contribution in [1.82, 2.24) is 0 Å². The maximum absolute atomic E-state index is 12.1. The Bertz CT molecular complexity index is 950. The zero-order chi connectivity index (χ0) is 17.2. The highest BCUT2D eigenvalue weighted by atomic mass is 32.2. The van der Waals surface area contributed by atoms with Gasteiger partial charge < -0.3 is 5.32 Å². The van der Waals surface area contributed by atoms with Crippen molar-refractivity contribution in [1.29, 1.82) is 0 Å². The third-order valence-electron chi connectivity index (χ3n) is 3.88. The Kier molecular flexibility index (Phi) is 4.38. The summed E-state index contributed by atoms with van der Waals surface area (Å²) in [6.07, 6.45) is 0. The monoisotopic (exact) mass is 338 g/mol. The second-order valence-electron chi connectivity index (χ2n) is 5.42. The van der Waals surface area contributed by atoms with Gasteiger partial charge in [0.05, 0.1) is 4.90 Å². The van der Waals surface area contributed by atoms with E-state index in [1.165, 1.54) is 0 Å². The standard InChI is InChI=1S/C19H18N2O2S/c1-21-16-12-10-14(11-13-16)17-8-5-9-18(24(20,22)23)19(17)15-6-3-2-4-7-15/h2-13,21H,1H3,(H2,20,22,23). The van der Waals surface area contributed by atoms with Crippen LogP contribution in [0.15, 0.2) is 77.7 Å². The lowest BCUT2D eigenvalue weighted by Crippen LogP contribution is -2.13. The largest absolute Gasteiger partial charge is 0.388 e. The molecular formula is C19H18N2O2S. The summed E-state index contributed by atoms with van der Waals surface area (Å²) in [7, 11) is -1.98. The molecule has 3 aromatic carbocycles. The minimum Gasteiger partial charge on any atom is -0.388 e. The van der Waals surface area contributed by atoms with Crippen molar-refractivity contribution in [2.45, 2.75) is 4.90 Å². The van der Waals surface area contributed by atoms with E-state index in [-0.39, 0.29) is 4.90 Å². The molecular weight excluding hydrogens is 320 g/mol. The molecule has 0 bridgehead atoms. The van der Waals surface area contributed by atoms with Crippen molar-refractivity contribution in [3.63, 3.8) is 0 Å². The van der Waals surface area contributed by atoms with Gasteiger partial charge in [0.25, 0.3) is 0 Å². The van der Waals surface area contributed by atoms with Crippen LogP contribution in [0.25, 0.3) is 22.3 Å². The zero-order valence-electron chi connectivity index (χ0n) is 13.2. The Hall–Kier alpha value is -2.63. The van der Waals surface area contributed by atoms with Crippen molar-refractivity contribution < 1.29 is 8.42 Å². The summed E-state index contributed by atoms with van der Waals surface area (Å²) in [6.45, 7) is 0. The summed E-state index contributed by atoms with van der Waals surface area (Å²) < 4.78 is 24.2. The average molecular weight is 338 g/mol. The number of hydrogen-bond donors (Lipinski definition) is 2. The highest BCUT2D eigenvalue weighted by Crippen LogP contribution is 2.37. The number of hydrogen-bond acceptors (Lipinski definition) is 3. The first kappa shape index (κ1) is 16.2. The van der Waals surface area contributed by atoms with Gasteiger partial charge in [-0.25, -0.2) is 13.6 Å². The average Bonchev–Trinajstić information content (AvgIpc) is 2.61. The molecule has 0 spiro atoms. The lowest BCUT2D eigenvalue weighted by atomic mass is 9.94. The maximum Gasteiger partial charge on any atom is 0.238 e. The highest BCUT2D eigenvalue weighted by Gasteiger charge is 2.19. The summed E-state index contributed by atoms with van der Waals surface area (Å²) in [4.78, 5) is 0.129. The Labute approximate surface area is 142 Å². The summed E-state index contributed by atoms with van der Waals surface area (Å²) in [5, 5.41) is 8.52. The number of rotatable bonds is 4. The lowest BCUT2D eigenvalue weighted by Gasteiger charge is -2.15. The van der Waals surface area contributed by atoms with E-state index < -0.39 is 10.0 Å². The zero-order valence-corrected chi connectivity index (χ0v) is 14.0. The predicted molar refractivity (Wildman–Crippen MR) is 98.2 cm³/mol. The molecule has 0 aliphatic carbocycles. The van der Waals surface area contributed by atoms with Crippen molar-refractivity contribution in [2.24, 2.45) is 5.14 Å². The maximum atomic E-state index is 12.1. The summed E-state index contributed by atoms with van der Waals surface area (Å²) in [5.74, 6) is 0. The first-order valence-corrected chi connectivity index (χ1v) is 9.05. The van der Waals surface area contributed by atoms with Crippen LogP contribution in [0.2, 0.25) is 0 Å². The molecule has 3 rings (SSSR count). The Morgan fingerprint density at radius 3 is 2.04 bits per heavy atom. The van der Waals surface area contributed by atoms with Crippen LogP contribution in [0.5, 0.6) is 0 Å². The van der Waals surface area contributed by atoms with Gasteiger partial charge in [0.1, 0.15) is 0 Å². The molecule has 0 fully saturated rings. The first-order valence-electron chi connectivity index (χ1n) is 7.50. The molecule has 24 heavy (non-hydrogen) atoms. The van der Waals surface area contributed by atoms with E-state index in [1.54, 1.807) is 12.1 Å². The molecule has 4 nitrogen and oxygen atoms in total. The number of benzene rings is 3. The van der Waals surface area contributed by atoms with Crippen LogP contribution in [-0.2, 0) is 10.0 Å². The number of anilines is 1. The first-order chi connectivity index (χ1) is 11.5. The molecule has 0 radical (unpaired) electrons. The van der Waals surface area contributed by atoms with Crippen molar-refractivity contribution in [2.75, 3.05) is 12.4 Å². The fourth-order valence-corrected chi connectivity index (χ4v) is 3.51. The van der Waals surface area contributed by atoms with Crippen molar-refractivity contribution >= 4 is 15.7 Å². The lowest BCUT2D eigenvalue weighted by molar-refractivity contribution is 0.598. The molecule has 0 saturated heterocycles. The Morgan fingerprint density at radius 1 is 0.792 bits per heavy atom. The fraction of sp³-hybridized carbons (Fsp3) is 0.0526. The normalized spacial score (nSPS) is 11.2. The van der Waals surface area contributed by atoms with E-state index >= 15 is 0 Å². The smallest absolute Gasteiger partial charge is 0.238 e. The molecule has 122 valence electrons. The molecule has 3 N–H and O–H groups in total. The van der Waals surface area contributed by atoms with Gasteiger partial charge in [-0.05, 0) is 34.9 Å². The van der Waals surface area contributed by atoms with E-state index in [1.807, 2.05) is 67.7 Å². The van der Waals surface area contributed by atoms with Crippen LogP contribution in [0, 0.1) is 0 Å². The van der Waals surface area contributed by atoms with Gasteiger partial charge in [0.2, 0.25) is 10.0 Å². The van der Waals surface area contributed by atoms with E-state index in [0.29, 0.717) is 5.56 Å². The quantitative estimate of drug-likeness (QED) is 0.762. The third-order valence-corrected chi connectivity index (χ3v) is 4.83. The van der Waals surface area contributed by atoms with Crippen molar-refractivity contribution in [3.8, 4) is 22.3 Å². The SMILES string of the molecule is CNc1ccc(-c2cccc(S(N)(=O)=O)c2-c2ccccc2)cc1. The van der Waals surface area contributed by atoms with Crippen LogP contribution in [0.4, 0.5) is 5.69 Å². The highest BCUT2D eigenvalue weighted by molar-refractivity contribution is 7.89. The fourth-order valence-electron chi connectivity index (χ4n) is 2.73. The van der Waals surface area contributed by atoms with E-state index in [9.17, 15) is 8.42 Å². The van der Waals surface area contributed by atoms with E-state index in [2.05, 4.69) is 5.32 Å². The molecule has 5 heteroatoms. The molecule has 0 saturated carbocycles. The number of nitrogens with two attached hydrogens (primary N) is 1. The summed E-state index contributed by atoms with van der Waals surface area (Å²) >= 11 is 0. The van der Waals surface area contributed by atoms with Crippen LogP contribution in [0.3, 0.4) is 0 Å². The molecule has 0 amide bonds. The van der Waals surface area contributed by atoms with Crippen molar-refractivity contribution in [3.05, 3.63) is 72.8 Å². The van der Waals surface area contributed by atoms with Crippen LogP contribution >= 0.6 is 0 Å². The molecule has 0 aliphatic rings. The van der Waals surface area contributed by atoms with Gasteiger partial charge in [-0.3, -0.25) is 0 Å². The van der Waals surface area contributed by atoms with Crippen LogP contribution in [-0.4, -0.2) is 15.5 Å². The van der Waals surface area contributed by atoms with Crippen LogP contribution < -0.4 is 10.5 Å². The topological polar surface area (TPSA) is 72.2 Å². The van der Waals surface area contributed by atoms with Gasteiger partial charge in [0, 0.05) is 18.3 Å². The minimum absolute atomic E-state index is 0.129.